The molecule has 3 atom stereocenters. The van der Waals surface area contributed by atoms with E-state index in [9.17, 15) is 24.8 Å². The summed E-state index contributed by atoms with van der Waals surface area (Å²) in [4.78, 5) is 37.2. The molecule has 0 aromatic heterocycles. The van der Waals surface area contributed by atoms with Crippen LogP contribution in [0.25, 0.3) is 0 Å². The lowest BCUT2D eigenvalue weighted by molar-refractivity contribution is -0.384. The zero-order chi connectivity index (χ0) is 30.5. The first-order valence-corrected chi connectivity index (χ1v) is 14.2. The predicted octanol–water partition coefficient (Wildman–Crippen LogP) is 3.87. The first-order chi connectivity index (χ1) is 20.2. The molecule has 0 bridgehead atoms. The lowest BCUT2D eigenvalue weighted by atomic mass is 9.67. The van der Waals surface area contributed by atoms with Gasteiger partial charge in [0.2, 0.25) is 0 Å². The topological polar surface area (TPSA) is 149 Å². The number of hydrogen-bond donors (Lipinski definition) is 3. The number of nitro groups is 1. The molecule has 1 aliphatic heterocycles. The van der Waals surface area contributed by atoms with E-state index in [1.54, 1.807) is 26.0 Å². The number of nitro benzene ring substituents is 1. The Morgan fingerprint density at radius 1 is 1.14 bits per heavy atom. The summed E-state index contributed by atoms with van der Waals surface area (Å²) in [6.45, 7) is 5.21. The van der Waals surface area contributed by atoms with Crippen LogP contribution >= 0.6 is 0 Å². The maximum Gasteiger partial charge on any atom is 0.336 e. The fourth-order valence-corrected chi connectivity index (χ4v) is 5.08. The Labute approximate surface area is 246 Å². The van der Waals surface area contributed by atoms with Gasteiger partial charge >= 0.3 is 11.9 Å². The first-order valence-electron chi connectivity index (χ1n) is 14.2. The van der Waals surface area contributed by atoms with Crippen molar-refractivity contribution in [2.75, 3.05) is 40.0 Å². The second-order valence-corrected chi connectivity index (χ2v) is 10.6. The van der Waals surface area contributed by atoms with Crippen molar-refractivity contribution in [3.63, 3.8) is 0 Å². The van der Waals surface area contributed by atoms with Crippen LogP contribution in [0.15, 0.2) is 65.9 Å². The van der Waals surface area contributed by atoms with Gasteiger partial charge in [-0.3, -0.25) is 14.9 Å². The average molecular weight is 584 g/mol. The number of carbonyl (C=O) groups excluding carboxylic acids is 2. The van der Waals surface area contributed by atoms with Crippen LogP contribution in [0, 0.1) is 15.5 Å². The van der Waals surface area contributed by atoms with Crippen LogP contribution in [0.4, 0.5) is 5.69 Å². The van der Waals surface area contributed by atoms with Crippen LogP contribution in [0.2, 0.25) is 0 Å². The highest BCUT2D eigenvalue weighted by Gasteiger charge is 2.50. The molecule has 3 N–H and O–H groups in total. The quantitative estimate of drug-likeness (QED) is 0.115. The van der Waals surface area contributed by atoms with Gasteiger partial charge in [-0.25, -0.2) is 4.79 Å². The van der Waals surface area contributed by atoms with Gasteiger partial charge in [-0.1, -0.05) is 43.2 Å². The molecular weight excluding hydrogens is 542 g/mol. The number of aliphatic hydroxyl groups excluding tert-OH is 1. The van der Waals surface area contributed by atoms with Gasteiger partial charge in [0.15, 0.2) is 0 Å². The van der Waals surface area contributed by atoms with Gasteiger partial charge in [-0.2, -0.15) is 0 Å². The van der Waals surface area contributed by atoms with Crippen LogP contribution in [0.1, 0.15) is 51.0 Å². The van der Waals surface area contributed by atoms with Crippen LogP contribution in [-0.4, -0.2) is 68.0 Å². The Morgan fingerprint density at radius 2 is 1.88 bits per heavy atom. The molecule has 42 heavy (non-hydrogen) atoms. The predicted molar refractivity (Wildman–Crippen MR) is 157 cm³/mol. The van der Waals surface area contributed by atoms with Crippen molar-refractivity contribution in [1.29, 1.82) is 0 Å². The minimum atomic E-state index is -1.19. The molecule has 3 unspecified atom stereocenters. The van der Waals surface area contributed by atoms with E-state index in [4.69, 9.17) is 14.2 Å². The molecule has 11 nitrogen and oxygen atoms in total. The molecule has 2 aromatic carbocycles. The smallest absolute Gasteiger partial charge is 0.336 e. The van der Waals surface area contributed by atoms with E-state index in [-0.39, 0.29) is 31.0 Å². The molecule has 2 aromatic rings. The maximum atomic E-state index is 13.3. The molecular formula is C31H41N3O8. The number of carbonyl (C=O) groups is 2. The molecule has 1 heterocycles. The zero-order valence-electron chi connectivity index (χ0n) is 24.5. The highest BCUT2D eigenvalue weighted by atomic mass is 16.6. The lowest BCUT2D eigenvalue weighted by Gasteiger charge is -2.41. The minimum Gasteiger partial charge on any atom is -0.491 e. The minimum absolute atomic E-state index is 0.131. The Morgan fingerprint density at radius 3 is 2.60 bits per heavy atom. The fraction of sp³-hybridized carbons (Fsp3) is 0.484. The summed E-state index contributed by atoms with van der Waals surface area (Å²) in [5.41, 5.74) is -0.0391. The van der Waals surface area contributed by atoms with Crippen molar-refractivity contribution < 1.29 is 33.8 Å². The summed E-state index contributed by atoms with van der Waals surface area (Å²) >= 11 is 0. The van der Waals surface area contributed by atoms with E-state index in [1.165, 1.54) is 19.2 Å². The van der Waals surface area contributed by atoms with E-state index < -0.39 is 34.3 Å². The largest absolute Gasteiger partial charge is 0.491 e. The Hall–Kier alpha value is -3.96. The van der Waals surface area contributed by atoms with Gasteiger partial charge in [-0.05, 0) is 50.9 Å². The molecule has 0 amide bonds. The molecule has 0 radical (unpaired) electrons. The number of allylic oxidation sites excluding steroid dienone is 1. The summed E-state index contributed by atoms with van der Waals surface area (Å²) in [5.74, 6) is -1.17. The summed E-state index contributed by atoms with van der Waals surface area (Å²) in [7, 11) is 1.28. The summed E-state index contributed by atoms with van der Waals surface area (Å²) in [6, 6.07) is 15.3. The van der Waals surface area contributed by atoms with Crippen LogP contribution in [0.3, 0.4) is 0 Å². The second-order valence-electron chi connectivity index (χ2n) is 10.6. The highest BCUT2D eigenvalue weighted by molar-refractivity contribution is 5.94. The number of rotatable bonds is 16. The molecule has 0 aliphatic carbocycles. The fourth-order valence-electron chi connectivity index (χ4n) is 5.08. The van der Waals surface area contributed by atoms with E-state index in [0.717, 1.165) is 31.6 Å². The highest BCUT2D eigenvalue weighted by Crippen LogP contribution is 2.46. The molecule has 0 saturated heterocycles. The van der Waals surface area contributed by atoms with Crippen LogP contribution in [-0.2, 0) is 19.1 Å². The Bertz CT molecular complexity index is 1240. The standard InChI is InChI=1S/C31H41N3O8/c1-22-27(28(31(2,21-33-22)30(37)40-3)23-12-11-13-24(18-23)34(38)39)29(36)41-17-10-5-4-9-16-32-19-25(35)20-42-26-14-7-6-8-15-26/h6-8,11-15,18,25,28,32-33,35H,4-5,9-10,16-17,19-21H2,1-3H3. The molecule has 1 aliphatic rings. The number of nitrogens with one attached hydrogen (secondary N) is 2. The zero-order valence-corrected chi connectivity index (χ0v) is 24.5. The first kappa shape index (κ1) is 32.6. The lowest BCUT2D eigenvalue weighted by Crippen LogP contribution is -2.49. The molecule has 0 spiro atoms. The number of esters is 2. The van der Waals surface area contributed by atoms with Gasteiger partial charge in [0, 0.05) is 36.8 Å². The molecule has 0 fully saturated rings. The normalized spacial score (nSPS) is 19.0. The van der Waals surface area contributed by atoms with Crippen LogP contribution in [0.5, 0.6) is 5.75 Å². The number of nitrogens with zero attached hydrogens (tertiary/aromatic N) is 1. The maximum absolute atomic E-state index is 13.3. The third-order valence-electron chi connectivity index (χ3n) is 7.38. The van der Waals surface area contributed by atoms with Gasteiger partial charge in [-0.15, -0.1) is 0 Å². The Balaban J connectivity index is 1.47. The molecule has 0 saturated carbocycles. The number of para-hydroxylation sites is 1. The monoisotopic (exact) mass is 583 g/mol. The van der Waals surface area contributed by atoms with E-state index >= 15 is 0 Å². The number of benzene rings is 2. The van der Waals surface area contributed by atoms with E-state index in [0.29, 0.717) is 24.2 Å². The third-order valence-corrected chi connectivity index (χ3v) is 7.38. The van der Waals surface area contributed by atoms with Crippen molar-refractivity contribution in [3.05, 3.63) is 81.5 Å². The van der Waals surface area contributed by atoms with E-state index in [2.05, 4.69) is 10.6 Å². The summed E-state index contributed by atoms with van der Waals surface area (Å²) in [5, 5.41) is 27.8. The van der Waals surface area contributed by atoms with Gasteiger partial charge in [0.05, 0.1) is 29.6 Å². The number of methoxy groups -OCH3 is 1. The van der Waals surface area contributed by atoms with Crippen molar-refractivity contribution in [3.8, 4) is 5.75 Å². The molecule has 3 rings (SSSR count). The number of non-ortho nitro benzene ring substituents is 1. The molecule has 11 heteroatoms. The Kier molecular flexibility index (Phi) is 12.3. The van der Waals surface area contributed by atoms with Crippen molar-refractivity contribution in [2.45, 2.75) is 51.6 Å². The summed E-state index contributed by atoms with van der Waals surface area (Å²) in [6.07, 6.45) is 2.72. The van der Waals surface area contributed by atoms with Gasteiger partial charge in [0.1, 0.15) is 18.5 Å². The van der Waals surface area contributed by atoms with Crippen molar-refractivity contribution in [1.82, 2.24) is 10.6 Å². The average Bonchev–Trinajstić information content (AvgIpc) is 3.00. The second kappa shape index (κ2) is 15.9. The SMILES string of the molecule is COC(=O)C1(C)CNC(C)=C(C(=O)OCCCCCCNCC(O)COc2ccccc2)C1c1cccc([N+](=O)[O-])c1. The summed E-state index contributed by atoms with van der Waals surface area (Å²) < 4.78 is 16.2. The van der Waals surface area contributed by atoms with Gasteiger partial charge < -0.3 is 30.0 Å². The number of ether oxygens (including phenoxy) is 3. The van der Waals surface area contributed by atoms with Crippen LogP contribution < -0.4 is 15.4 Å². The van der Waals surface area contributed by atoms with Gasteiger partial charge in [0.25, 0.3) is 5.69 Å². The number of unbranched alkanes of at least 4 members (excludes halogenated alkanes) is 3. The van der Waals surface area contributed by atoms with E-state index in [1.807, 2.05) is 30.3 Å². The molecule has 228 valence electrons. The number of hydrogen-bond acceptors (Lipinski definition) is 10. The van der Waals surface area contributed by atoms with Crippen molar-refractivity contribution in [2.24, 2.45) is 5.41 Å². The van der Waals surface area contributed by atoms with Crippen molar-refractivity contribution >= 4 is 17.6 Å². The third kappa shape index (κ3) is 8.77. The number of aliphatic hydroxyl groups is 1.